The van der Waals surface area contributed by atoms with E-state index >= 15 is 0 Å². The number of aryl methyl sites for hydroxylation is 1. The highest BCUT2D eigenvalue weighted by Crippen LogP contribution is 2.27. The van der Waals surface area contributed by atoms with E-state index in [1.807, 2.05) is 54.6 Å². The third-order valence-electron chi connectivity index (χ3n) is 4.36. The van der Waals surface area contributed by atoms with Crippen LogP contribution in [0.5, 0.6) is 5.75 Å². The molecule has 3 heteroatoms. The van der Waals surface area contributed by atoms with Gasteiger partial charge in [-0.05, 0) is 43.3 Å². The molecular formula is C23H18ClNO. The van der Waals surface area contributed by atoms with E-state index < -0.39 is 0 Å². The molecule has 0 aliphatic carbocycles. The summed E-state index contributed by atoms with van der Waals surface area (Å²) in [5, 5.41) is 1.83. The molecule has 1 heterocycles. The van der Waals surface area contributed by atoms with Crippen LogP contribution >= 0.6 is 11.6 Å². The molecule has 128 valence electrons. The zero-order chi connectivity index (χ0) is 17.9. The molecular weight excluding hydrogens is 342 g/mol. The summed E-state index contributed by atoms with van der Waals surface area (Å²) in [6.45, 7) is 2.56. The molecule has 0 atom stereocenters. The van der Waals surface area contributed by atoms with Crippen LogP contribution in [-0.4, -0.2) is 4.98 Å². The van der Waals surface area contributed by atoms with Gasteiger partial charge in [0.2, 0.25) is 0 Å². The Morgan fingerprint density at radius 2 is 1.62 bits per heavy atom. The smallest absolute Gasteiger partial charge is 0.119 e. The summed E-state index contributed by atoms with van der Waals surface area (Å²) in [6.07, 6.45) is 0. The van der Waals surface area contributed by atoms with Crippen LogP contribution in [0, 0.1) is 6.92 Å². The van der Waals surface area contributed by atoms with Crippen LogP contribution in [0.3, 0.4) is 0 Å². The average Bonchev–Trinajstić information content (AvgIpc) is 2.68. The third kappa shape index (κ3) is 3.56. The Morgan fingerprint density at radius 1 is 0.885 bits per heavy atom. The molecule has 0 fully saturated rings. The van der Waals surface area contributed by atoms with Crippen LogP contribution in [-0.2, 0) is 6.61 Å². The summed E-state index contributed by atoms with van der Waals surface area (Å²) in [4.78, 5) is 4.80. The van der Waals surface area contributed by atoms with Gasteiger partial charge in [-0.3, -0.25) is 0 Å². The Morgan fingerprint density at radius 3 is 2.38 bits per heavy atom. The molecule has 2 nitrogen and oxygen atoms in total. The van der Waals surface area contributed by atoms with Gasteiger partial charge in [0.1, 0.15) is 12.4 Å². The summed E-state index contributed by atoms with van der Waals surface area (Å²) < 4.78 is 6.02. The number of rotatable bonds is 4. The fraction of sp³-hybridized carbons (Fsp3) is 0.0870. The fourth-order valence-corrected chi connectivity index (χ4v) is 3.06. The predicted octanol–water partition coefficient (Wildman–Crippen LogP) is 6.44. The van der Waals surface area contributed by atoms with Crippen molar-refractivity contribution in [3.63, 3.8) is 0 Å². The number of nitrogens with zero attached hydrogens (tertiary/aromatic N) is 1. The first-order valence-electron chi connectivity index (χ1n) is 8.53. The van der Waals surface area contributed by atoms with Crippen LogP contribution in [0.4, 0.5) is 0 Å². The standard InChI is InChI=1S/C23H18ClNO/c1-16-6-12-20(13-7-16)26-15-18-14-23(17-8-10-19(24)11-9-17)25-22-5-3-2-4-21(18)22/h2-14H,15H2,1H3. The second-order valence-corrected chi connectivity index (χ2v) is 6.73. The molecule has 0 N–H and O–H groups in total. The van der Waals surface area contributed by atoms with Crippen LogP contribution in [0.15, 0.2) is 78.9 Å². The molecule has 0 unspecified atom stereocenters. The molecule has 0 aliphatic rings. The molecule has 0 amide bonds. The maximum absolute atomic E-state index is 6.02. The van der Waals surface area contributed by atoms with E-state index in [1.54, 1.807) is 0 Å². The number of aromatic nitrogens is 1. The zero-order valence-corrected chi connectivity index (χ0v) is 15.2. The molecule has 1 aromatic heterocycles. The summed E-state index contributed by atoms with van der Waals surface area (Å²) in [6, 6.07) is 26.1. The zero-order valence-electron chi connectivity index (χ0n) is 14.4. The SMILES string of the molecule is Cc1ccc(OCc2cc(-c3ccc(Cl)cc3)nc3ccccc23)cc1. The first-order valence-corrected chi connectivity index (χ1v) is 8.91. The number of para-hydroxylation sites is 1. The largest absolute Gasteiger partial charge is 0.489 e. The van der Waals surface area contributed by atoms with Gasteiger partial charge in [-0.15, -0.1) is 0 Å². The molecule has 0 saturated carbocycles. The van der Waals surface area contributed by atoms with Crippen molar-refractivity contribution in [2.75, 3.05) is 0 Å². The van der Waals surface area contributed by atoms with Crippen molar-refractivity contribution < 1.29 is 4.74 Å². The van der Waals surface area contributed by atoms with Gasteiger partial charge in [0.25, 0.3) is 0 Å². The number of fused-ring (bicyclic) bond motifs is 1. The molecule has 0 saturated heterocycles. The lowest BCUT2D eigenvalue weighted by atomic mass is 10.0. The van der Waals surface area contributed by atoms with Gasteiger partial charge < -0.3 is 4.74 Å². The van der Waals surface area contributed by atoms with Crippen LogP contribution in [0.2, 0.25) is 5.02 Å². The quantitative estimate of drug-likeness (QED) is 0.418. The van der Waals surface area contributed by atoms with Gasteiger partial charge in [-0.2, -0.15) is 0 Å². The summed E-state index contributed by atoms with van der Waals surface area (Å²) in [5.41, 5.74) is 5.25. The van der Waals surface area contributed by atoms with Gasteiger partial charge >= 0.3 is 0 Å². The second-order valence-electron chi connectivity index (χ2n) is 6.29. The number of ether oxygens (including phenoxy) is 1. The van der Waals surface area contributed by atoms with Crippen molar-refractivity contribution in [1.29, 1.82) is 0 Å². The minimum Gasteiger partial charge on any atom is -0.489 e. The van der Waals surface area contributed by atoms with E-state index in [4.69, 9.17) is 21.3 Å². The van der Waals surface area contributed by atoms with E-state index in [1.165, 1.54) is 5.56 Å². The van der Waals surface area contributed by atoms with Crippen LogP contribution in [0.1, 0.15) is 11.1 Å². The summed E-state index contributed by atoms with van der Waals surface area (Å²) >= 11 is 6.01. The van der Waals surface area contributed by atoms with Crippen molar-refractivity contribution in [1.82, 2.24) is 4.98 Å². The highest BCUT2D eigenvalue weighted by atomic mass is 35.5. The minimum atomic E-state index is 0.493. The van der Waals surface area contributed by atoms with Crippen molar-refractivity contribution in [3.8, 4) is 17.0 Å². The summed E-state index contributed by atoms with van der Waals surface area (Å²) in [7, 11) is 0. The van der Waals surface area contributed by atoms with E-state index in [0.717, 1.165) is 38.5 Å². The molecule has 26 heavy (non-hydrogen) atoms. The second kappa shape index (κ2) is 7.19. The highest BCUT2D eigenvalue weighted by molar-refractivity contribution is 6.30. The summed E-state index contributed by atoms with van der Waals surface area (Å²) in [5.74, 6) is 0.865. The van der Waals surface area contributed by atoms with Gasteiger partial charge in [-0.1, -0.05) is 59.6 Å². The van der Waals surface area contributed by atoms with Crippen LogP contribution in [0.25, 0.3) is 22.2 Å². The maximum Gasteiger partial charge on any atom is 0.119 e. The lowest BCUT2D eigenvalue weighted by molar-refractivity contribution is 0.307. The Labute approximate surface area is 158 Å². The van der Waals surface area contributed by atoms with E-state index in [-0.39, 0.29) is 0 Å². The molecule has 0 bridgehead atoms. The Balaban J connectivity index is 1.72. The lowest BCUT2D eigenvalue weighted by Crippen LogP contribution is -1.99. The van der Waals surface area contributed by atoms with Crippen molar-refractivity contribution >= 4 is 22.5 Å². The number of hydrogen-bond acceptors (Lipinski definition) is 2. The van der Waals surface area contributed by atoms with Gasteiger partial charge in [0, 0.05) is 21.5 Å². The molecule has 4 aromatic rings. The number of halogens is 1. The van der Waals surface area contributed by atoms with E-state index in [9.17, 15) is 0 Å². The third-order valence-corrected chi connectivity index (χ3v) is 4.61. The van der Waals surface area contributed by atoms with Crippen molar-refractivity contribution in [2.45, 2.75) is 13.5 Å². The predicted molar refractivity (Wildman–Crippen MR) is 108 cm³/mol. The number of pyridine rings is 1. The average molecular weight is 360 g/mol. The minimum absolute atomic E-state index is 0.493. The molecule has 0 aliphatic heterocycles. The lowest BCUT2D eigenvalue weighted by Gasteiger charge is -2.12. The van der Waals surface area contributed by atoms with Gasteiger partial charge in [-0.25, -0.2) is 4.98 Å². The first-order chi connectivity index (χ1) is 12.7. The number of benzene rings is 3. The topological polar surface area (TPSA) is 22.1 Å². The number of hydrogen-bond donors (Lipinski definition) is 0. The monoisotopic (exact) mass is 359 g/mol. The Bertz CT molecular complexity index is 1040. The first kappa shape index (κ1) is 16.6. The van der Waals surface area contributed by atoms with Crippen molar-refractivity contribution in [3.05, 3.63) is 95.0 Å². The highest BCUT2D eigenvalue weighted by Gasteiger charge is 2.08. The fourth-order valence-electron chi connectivity index (χ4n) is 2.93. The van der Waals surface area contributed by atoms with E-state index in [2.05, 4.69) is 31.2 Å². The molecule has 4 rings (SSSR count). The Hall–Kier alpha value is -2.84. The molecule has 3 aromatic carbocycles. The van der Waals surface area contributed by atoms with E-state index in [0.29, 0.717) is 6.61 Å². The van der Waals surface area contributed by atoms with Gasteiger partial charge in [0.05, 0.1) is 11.2 Å². The Kier molecular flexibility index (Phi) is 4.59. The van der Waals surface area contributed by atoms with Crippen LogP contribution < -0.4 is 4.74 Å². The van der Waals surface area contributed by atoms with Gasteiger partial charge in [0.15, 0.2) is 0 Å². The normalized spacial score (nSPS) is 10.8. The molecule has 0 radical (unpaired) electrons. The maximum atomic E-state index is 6.02. The van der Waals surface area contributed by atoms with Crippen molar-refractivity contribution in [2.24, 2.45) is 0 Å². The molecule has 0 spiro atoms.